The number of nitrogens with zero attached hydrogens (tertiary/aromatic N) is 3. The molecule has 0 bridgehead atoms. The van der Waals surface area contributed by atoms with Gasteiger partial charge in [0.15, 0.2) is 0 Å². The third-order valence-corrected chi connectivity index (χ3v) is 6.69. The molecule has 0 spiro atoms. The highest BCUT2D eigenvalue weighted by Gasteiger charge is 2.53. The van der Waals surface area contributed by atoms with Crippen LogP contribution in [0.2, 0.25) is 0 Å². The predicted octanol–water partition coefficient (Wildman–Crippen LogP) is 4.20. The number of rotatable bonds is 3. The van der Waals surface area contributed by atoms with E-state index < -0.39 is 18.3 Å². The average molecular weight is 373 g/mol. The Morgan fingerprint density at radius 3 is 2.30 bits per heavy atom. The number of hydrogen-bond donors (Lipinski definition) is 0. The number of halogens is 1. The molecule has 0 unspecified atom stereocenters. The Morgan fingerprint density at radius 2 is 1.74 bits per heavy atom. The Hall–Kier alpha value is -1.47. The lowest BCUT2D eigenvalue weighted by Gasteiger charge is -2.32. The first-order valence-electron chi connectivity index (χ1n) is 10.1. The minimum atomic E-state index is -0.888. The maximum atomic E-state index is 15.0. The third-order valence-electron chi connectivity index (χ3n) is 6.69. The van der Waals surface area contributed by atoms with Gasteiger partial charge in [-0.2, -0.15) is 0 Å². The molecule has 146 valence electrons. The summed E-state index contributed by atoms with van der Waals surface area (Å²) in [5, 5.41) is 0. The van der Waals surface area contributed by atoms with E-state index in [0.29, 0.717) is 18.8 Å². The Balaban J connectivity index is 1.42. The SMILES string of the molecule is CC1(C)OB(C(F)=C2CCN(c3cc(C4CCC4)ncn3)CC2)OC1(C)C. The fourth-order valence-electron chi connectivity index (χ4n) is 3.82. The van der Waals surface area contributed by atoms with Gasteiger partial charge in [-0.1, -0.05) is 6.42 Å². The zero-order valence-electron chi connectivity index (χ0n) is 16.8. The van der Waals surface area contributed by atoms with Crippen molar-refractivity contribution in [3.8, 4) is 0 Å². The first kappa shape index (κ1) is 18.9. The summed E-state index contributed by atoms with van der Waals surface area (Å²) in [5.74, 6) is 1.55. The number of hydrogen-bond acceptors (Lipinski definition) is 5. The third kappa shape index (κ3) is 3.52. The molecule has 7 heteroatoms. The van der Waals surface area contributed by atoms with Crippen molar-refractivity contribution in [3.05, 3.63) is 29.4 Å². The molecule has 2 aliphatic heterocycles. The van der Waals surface area contributed by atoms with Gasteiger partial charge in [-0.15, -0.1) is 0 Å². The van der Waals surface area contributed by atoms with E-state index in [1.807, 2.05) is 27.7 Å². The second-order valence-electron chi connectivity index (χ2n) is 8.96. The summed E-state index contributed by atoms with van der Waals surface area (Å²) in [7, 11) is -0.888. The van der Waals surface area contributed by atoms with Gasteiger partial charge in [0.1, 0.15) is 17.9 Å². The van der Waals surface area contributed by atoms with Crippen LogP contribution in [0.1, 0.15) is 71.4 Å². The van der Waals surface area contributed by atoms with Crippen molar-refractivity contribution in [2.45, 2.75) is 76.9 Å². The molecule has 1 aliphatic carbocycles. The summed E-state index contributed by atoms with van der Waals surface area (Å²) in [6.45, 7) is 9.29. The second-order valence-corrected chi connectivity index (χ2v) is 8.96. The summed E-state index contributed by atoms with van der Waals surface area (Å²) in [4.78, 5) is 11.1. The summed E-state index contributed by atoms with van der Waals surface area (Å²) in [6.07, 6.45) is 6.74. The maximum absolute atomic E-state index is 15.0. The van der Waals surface area contributed by atoms with Gasteiger partial charge in [-0.05, 0) is 59.0 Å². The number of piperidine rings is 1. The minimum Gasteiger partial charge on any atom is -0.398 e. The van der Waals surface area contributed by atoms with Crippen LogP contribution in [0.15, 0.2) is 23.7 Å². The molecule has 1 aromatic rings. The highest BCUT2D eigenvalue weighted by atomic mass is 19.1. The normalized spacial score (nSPS) is 24.9. The lowest BCUT2D eigenvalue weighted by Crippen LogP contribution is -2.41. The van der Waals surface area contributed by atoms with Crippen molar-refractivity contribution in [1.29, 1.82) is 0 Å². The van der Waals surface area contributed by atoms with Gasteiger partial charge >= 0.3 is 7.12 Å². The standard InChI is InChI=1S/C20H29BFN3O2/c1-19(2)20(3,4)27-21(26-19)18(22)15-8-10-25(11-9-15)17-12-16(23-13-24-17)14-6-5-7-14/h12-14H,5-11H2,1-4H3. The van der Waals surface area contributed by atoms with Crippen molar-refractivity contribution in [1.82, 2.24) is 9.97 Å². The fourth-order valence-corrected chi connectivity index (χ4v) is 3.82. The fraction of sp³-hybridized carbons (Fsp3) is 0.700. The lowest BCUT2D eigenvalue weighted by molar-refractivity contribution is 0.00578. The molecule has 1 aromatic heterocycles. The molecule has 0 N–H and O–H groups in total. The van der Waals surface area contributed by atoms with E-state index in [0.717, 1.165) is 30.2 Å². The summed E-state index contributed by atoms with van der Waals surface area (Å²) < 4.78 is 26.7. The van der Waals surface area contributed by atoms with Gasteiger partial charge in [-0.3, -0.25) is 0 Å². The monoisotopic (exact) mass is 373 g/mol. The van der Waals surface area contributed by atoms with E-state index in [1.165, 1.54) is 19.3 Å². The van der Waals surface area contributed by atoms with Gasteiger partial charge in [0, 0.05) is 30.8 Å². The topological polar surface area (TPSA) is 47.5 Å². The molecule has 3 fully saturated rings. The summed E-state index contributed by atoms with van der Waals surface area (Å²) in [6, 6.07) is 2.11. The molecule has 0 amide bonds. The van der Waals surface area contributed by atoms with E-state index in [2.05, 4.69) is 20.9 Å². The highest BCUT2D eigenvalue weighted by Crippen LogP contribution is 2.40. The molecule has 3 aliphatic rings. The van der Waals surface area contributed by atoms with Gasteiger partial charge in [0.2, 0.25) is 0 Å². The molecule has 0 aromatic carbocycles. The average Bonchev–Trinajstić information content (AvgIpc) is 2.81. The Labute approximate surface area is 161 Å². The van der Waals surface area contributed by atoms with E-state index in [1.54, 1.807) is 6.33 Å². The van der Waals surface area contributed by atoms with Gasteiger partial charge in [0.25, 0.3) is 0 Å². The molecular formula is C20H29BFN3O2. The van der Waals surface area contributed by atoms with Crippen LogP contribution < -0.4 is 4.90 Å². The second kappa shape index (κ2) is 6.85. The van der Waals surface area contributed by atoms with Crippen LogP contribution in [0, 0.1) is 0 Å². The van der Waals surface area contributed by atoms with E-state index in [-0.39, 0.29) is 5.73 Å². The van der Waals surface area contributed by atoms with Crippen molar-refractivity contribution in [2.24, 2.45) is 0 Å². The van der Waals surface area contributed by atoms with Gasteiger partial charge in [0.05, 0.1) is 11.2 Å². The largest absolute Gasteiger partial charge is 0.525 e. The molecular weight excluding hydrogens is 344 g/mol. The molecule has 1 saturated carbocycles. The zero-order chi connectivity index (χ0) is 19.2. The van der Waals surface area contributed by atoms with Crippen LogP contribution in [0.25, 0.3) is 0 Å². The minimum absolute atomic E-state index is 0.244. The van der Waals surface area contributed by atoms with Crippen LogP contribution in [-0.2, 0) is 9.31 Å². The van der Waals surface area contributed by atoms with Gasteiger partial charge < -0.3 is 14.2 Å². The van der Waals surface area contributed by atoms with Crippen LogP contribution in [0.5, 0.6) is 0 Å². The Kier molecular flexibility index (Phi) is 4.79. The molecule has 5 nitrogen and oxygen atoms in total. The smallest absolute Gasteiger partial charge is 0.398 e. The predicted molar refractivity (Wildman–Crippen MR) is 104 cm³/mol. The highest BCUT2D eigenvalue weighted by molar-refractivity contribution is 6.53. The van der Waals surface area contributed by atoms with Gasteiger partial charge in [-0.25, -0.2) is 14.4 Å². The first-order chi connectivity index (χ1) is 12.8. The van der Waals surface area contributed by atoms with Crippen molar-refractivity contribution < 1.29 is 13.7 Å². The lowest BCUT2D eigenvalue weighted by atomic mass is 9.82. The van der Waals surface area contributed by atoms with Crippen LogP contribution in [0.3, 0.4) is 0 Å². The molecule has 2 saturated heterocycles. The molecule has 0 atom stereocenters. The first-order valence-corrected chi connectivity index (χ1v) is 10.1. The maximum Gasteiger partial charge on any atom is 0.525 e. The Morgan fingerprint density at radius 1 is 1.11 bits per heavy atom. The molecule has 4 rings (SSSR count). The van der Waals surface area contributed by atoms with E-state index >= 15 is 4.39 Å². The van der Waals surface area contributed by atoms with Crippen LogP contribution >= 0.6 is 0 Å². The van der Waals surface area contributed by atoms with Crippen molar-refractivity contribution >= 4 is 12.9 Å². The molecule has 27 heavy (non-hydrogen) atoms. The van der Waals surface area contributed by atoms with Crippen LogP contribution in [-0.4, -0.2) is 41.4 Å². The van der Waals surface area contributed by atoms with E-state index in [4.69, 9.17) is 9.31 Å². The number of aromatic nitrogens is 2. The van der Waals surface area contributed by atoms with E-state index in [9.17, 15) is 0 Å². The summed E-state index contributed by atoms with van der Waals surface area (Å²) >= 11 is 0. The van der Waals surface area contributed by atoms with Crippen molar-refractivity contribution in [2.75, 3.05) is 18.0 Å². The molecule has 0 radical (unpaired) electrons. The Bertz CT molecular complexity index is 722. The summed E-state index contributed by atoms with van der Waals surface area (Å²) in [5.41, 5.74) is 0.671. The van der Waals surface area contributed by atoms with Crippen LogP contribution in [0.4, 0.5) is 10.2 Å². The quantitative estimate of drug-likeness (QED) is 0.744. The number of anilines is 1. The molecule has 3 heterocycles. The zero-order valence-corrected chi connectivity index (χ0v) is 16.8. The van der Waals surface area contributed by atoms with Crippen molar-refractivity contribution in [3.63, 3.8) is 0 Å².